The van der Waals surface area contributed by atoms with Crippen LogP contribution in [-0.4, -0.2) is 38.1 Å². The molecule has 0 bridgehead atoms. The van der Waals surface area contributed by atoms with Crippen molar-refractivity contribution >= 4 is 40.2 Å². The Morgan fingerprint density at radius 3 is 2.57 bits per heavy atom. The van der Waals surface area contributed by atoms with Gasteiger partial charge < -0.3 is 10.8 Å². The molecule has 3 aromatic heterocycles. The zero-order valence-electron chi connectivity index (χ0n) is 11.3. The van der Waals surface area contributed by atoms with Crippen molar-refractivity contribution in [2.75, 3.05) is 5.73 Å². The summed E-state index contributed by atoms with van der Waals surface area (Å²) in [5.74, 6) is -1.36. The first-order chi connectivity index (χ1) is 10.3. The monoisotopic (exact) mass is 358 g/mol. The van der Waals surface area contributed by atoms with Crippen LogP contribution >= 0.6 is 12.4 Å². The molecule has 0 saturated carbocycles. The lowest BCUT2D eigenvalue weighted by atomic mass is 10.1. The van der Waals surface area contributed by atoms with E-state index in [2.05, 4.69) is 10.1 Å². The molecule has 0 aliphatic rings. The topological polar surface area (TPSA) is 159 Å². The van der Waals surface area contributed by atoms with E-state index in [1.54, 1.807) is 12.1 Å². The molecule has 0 atom stereocenters. The van der Waals surface area contributed by atoms with Gasteiger partial charge >= 0.3 is 16.2 Å². The van der Waals surface area contributed by atoms with E-state index in [9.17, 15) is 18.3 Å². The minimum atomic E-state index is -4.22. The smallest absolute Gasteiger partial charge is 0.354 e. The van der Waals surface area contributed by atoms with Crippen molar-refractivity contribution < 1.29 is 18.3 Å². The molecule has 5 N–H and O–H groups in total. The Morgan fingerprint density at radius 2 is 1.96 bits per heavy atom. The van der Waals surface area contributed by atoms with Crippen LogP contribution in [0.3, 0.4) is 0 Å². The van der Waals surface area contributed by atoms with Gasteiger partial charge in [0.2, 0.25) is 5.95 Å². The summed E-state index contributed by atoms with van der Waals surface area (Å²) in [5.41, 5.74) is 6.10. The van der Waals surface area contributed by atoms with Crippen molar-refractivity contribution in [3.8, 4) is 11.1 Å². The minimum Gasteiger partial charge on any atom is -0.477 e. The standard InChI is InChI=1S/C11H10N6O4S.ClH/c12-11-14-8-2-1-6(5-16(8)15-11)7-3-4-17(22(13,20)21)9(7)10(18)19;/h1-5H,(H2,12,15)(H,18,19)(H2,13,20,21);1H. The fourth-order valence-electron chi connectivity index (χ4n) is 2.13. The van der Waals surface area contributed by atoms with E-state index in [0.717, 1.165) is 6.20 Å². The lowest BCUT2D eigenvalue weighted by molar-refractivity contribution is 0.0690. The van der Waals surface area contributed by atoms with Crippen LogP contribution in [-0.2, 0) is 10.2 Å². The van der Waals surface area contributed by atoms with Crippen molar-refractivity contribution in [3.05, 3.63) is 36.3 Å². The average molecular weight is 359 g/mol. The van der Waals surface area contributed by atoms with Crippen LogP contribution in [0.4, 0.5) is 5.95 Å². The third-order valence-electron chi connectivity index (χ3n) is 2.99. The Morgan fingerprint density at radius 1 is 1.26 bits per heavy atom. The number of nitrogens with two attached hydrogens (primary N) is 2. The molecule has 23 heavy (non-hydrogen) atoms. The summed E-state index contributed by atoms with van der Waals surface area (Å²) in [7, 11) is -4.22. The number of fused-ring (bicyclic) bond motifs is 1. The molecule has 3 rings (SSSR count). The van der Waals surface area contributed by atoms with Gasteiger partial charge in [-0.05, 0) is 18.2 Å². The first-order valence-corrected chi connectivity index (χ1v) is 7.38. The number of carbonyl (C=O) groups is 1. The first-order valence-electron chi connectivity index (χ1n) is 5.87. The zero-order valence-corrected chi connectivity index (χ0v) is 13.0. The number of halogens is 1. The zero-order chi connectivity index (χ0) is 16.1. The van der Waals surface area contributed by atoms with E-state index in [1.807, 2.05) is 0 Å². The van der Waals surface area contributed by atoms with Crippen molar-refractivity contribution in [1.82, 2.24) is 18.6 Å². The first kappa shape index (κ1) is 16.7. The quantitative estimate of drug-likeness (QED) is 0.591. The number of carboxylic acid groups (broad SMARTS) is 1. The van der Waals surface area contributed by atoms with Gasteiger partial charge in [0, 0.05) is 23.5 Å². The summed E-state index contributed by atoms with van der Waals surface area (Å²) in [6, 6.07) is 4.51. The van der Waals surface area contributed by atoms with Crippen LogP contribution in [0, 0.1) is 0 Å². The molecule has 122 valence electrons. The minimum absolute atomic E-state index is 0. The summed E-state index contributed by atoms with van der Waals surface area (Å²) in [4.78, 5) is 15.3. The number of rotatable bonds is 3. The highest BCUT2D eigenvalue weighted by Crippen LogP contribution is 2.26. The summed E-state index contributed by atoms with van der Waals surface area (Å²) in [5, 5.41) is 18.2. The Balaban J connectivity index is 0.00000192. The van der Waals surface area contributed by atoms with Crippen LogP contribution in [0.1, 0.15) is 10.5 Å². The molecular weight excluding hydrogens is 348 g/mol. The van der Waals surface area contributed by atoms with Gasteiger partial charge in [-0.2, -0.15) is 13.4 Å². The lowest BCUT2D eigenvalue weighted by Gasteiger charge is -2.05. The number of nitrogens with zero attached hydrogens (tertiary/aromatic N) is 4. The largest absolute Gasteiger partial charge is 0.477 e. The Bertz CT molecular complexity index is 1010. The molecule has 3 heterocycles. The summed E-state index contributed by atoms with van der Waals surface area (Å²) >= 11 is 0. The molecule has 0 unspecified atom stereocenters. The van der Waals surface area contributed by atoms with Gasteiger partial charge in [0.25, 0.3) is 0 Å². The number of aromatic carboxylic acids is 1. The van der Waals surface area contributed by atoms with Gasteiger partial charge in [0.05, 0.1) is 0 Å². The number of pyridine rings is 1. The van der Waals surface area contributed by atoms with Gasteiger partial charge in [0.1, 0.15) is 0 Å². The predicted molar refractivity (Wildman–Crippen MR) is 83.5 cm³/mol. The summed E-state index contributed by atoms with van der Waals surface area (Å²) in [6.07, 6.45) is 2.57. The number of nitrogen functional groups attached to an aromatic ring is 1. The molecular formula is C11H11ClN6O4S. The fourth-order valence-corrected chi connectivity index (χ4v) is 2.79. The molecule has 0 aromatic carbocycles. The number of aromatic nitrogens is 4. The van der Waals surface area contributed by atoms with Crippen LogP contribution in [0.15, 0.2) is 30.6 Å². The second-order valence-electron chi connectivity index (χ2n) is 4.41. The van der Waals surface area contributed by atoms with Crippen LogP contribution < -0.4 is 10.9 Å². The van der Waals surface area contributed by atoms with Crippen LogP contribution in [0.25, 0.3) is 16.8 Å². The summed E-state index contributed by atoms with van der Waals surface area (Å²) < 4.78 is 24.8. The van der Waals surface area contributed by atoms with Crippen molar-refractivity contribution in [2.45, 2.75) is 0 Å². The van der Waals surface area contributed by atoms with Crippen LogP contribution in [0.2, 0.25) is 0 Å². The summed E-state index contributed by atoms with van der Waals surface area (Å²) in [6.45, 7) is 0. The average Bonchev–Trinajstić information content (AvgIpc) is 2.98. The lowest BCUT2D eigenvalue weighted by Crippen LogP contribution is -2.24. The van der Waals surface area contributed by atoms with Gasteiger partial charge in [-0.1, -0.05) is 0 Å². The number of carboxylic acids is 1. The Labute approximate surface area is 135 Å². The SMILES string of the molecule is Cl.Nc1nc2ccc(-c3ccn(S(N)(=O)=O)c3C(=O)O)cn2n1. The fraction of sp³-hybridized carbons (Fsp3) is 0. The van der Waals surface area contributed by atoms with E-state index in [-0.39, 0.29) is 23.9 Å². The van der Waals surface area contributed by atoms with Gasteiger partial charge in [0.15, 0.2) is 11.3 Å². The highest BCUT2D eigenvalue weighted by Gasteiger charge is 2.23. The molecule has 0 radical (unpaired) electrons. The van der Waals surface area contributed by atoms with Crippen molar-refractivity contribution in [3.63, 3.8) is 0 Å². The van der Waals surface area contributed by atoms with E-state index in [0.29, 0.717) is 15.2 Å². The molecule has 0 amide bonds. The van der Waals surface area contributed by atoms with Gasteiger partial charge in [-0.15, -0.1) is 17.5 Å². The normalized spacial score (nSPS) is 11.3. The highest BCUT2D eigenvalue weighted by atomic mass is 35.5. The maximum Gasteiger partial charge on any atom is 0.354 e. The van der Waals surface area contributed by atoms with Crippen LogP contribution in [0.5, 0.6) is 0 Å². The molecule has 0 spiro atoms. The van der Waals surface area contributed by atoms with Gasteiger partial charge in [-0.25, -0.2) is 18.4 Å². The van der Waals surface area contributed by atoms with E-state index >= 15 is 0 Å². The van der Waals surface area contributed by atoms with Crippen molar-refractivity contribution in [2.24, 2.45) is 5.14 Å². The Kier molecular flexibility index (Phi) is 4.03. The van der Waals surface area contributed by atoms with E-state index < -0.39 is 21.9 Å². The number of anilines is 1. The van der Waals surface area contributed by atoms with Gasteiger partial charge in [-0.3, -0.25) is 0 Å². The number of hydrogen-bond donors (Lipinski definition) is 3. The Hall–Kier alpha value is -2.63. The third kappa shape index (κ3) is 2.84. The molecule has 0 aliphatic heterocycles. The molecule has 3 aromatic rings. The number of hydrogen-bond acceptors (Lipinski definition) is 6. The highest BCUT2D eigenvalue weighted by molar-refractivity contribution is 7.87. The second-order valence-corrected chi connectivity index (χ2v) is 5.84. The maximum absolute atomic E-state index is 11.5. The third-order valence-corrected chi connectivity index (χ3v) is 3.84. The van der Waals surface area contributed by atoms with E-state index in [4.69, 9.17) is 10.9 Å². The predicted octanol–water partition coefficient (Wildman–Crippen LogP) is -0.0484. The maximum atomic E-state index is 11.5. The molecule has 10 nitrogen and oxygen atoms in total. The molecule has 0 aliphatic carbocycles. The molecule has 0 saturated heterocycles. The second kappa shape index (κ2) is 5.53. The van der Waals surface area contributed by atoms with Crippen molar-refractivity contribution in [1.29, 1.82) is 0 Å². The van der Waals surface area contributed by atoms with E-state index in [1.165, 1.54) is 16.8 Å². The molecule has 12 heteroatoms. The molecule has 0 fully saturated rings.